The lowest BCUT2D eigenvalue weighted by Gasteiger charge is -2.13. The van der Waals surface area contributed by atoms with E-state index in [-0.39, 0.29) is 16.9 Å². The average Bonchev–Trinajstić information content (AvgIpc) is 2.48. The van der Waals surface area contributed by atoms with E-state index in [1.165, 1.54) is 0 Å². The highest BCUT2D eigenvalue weighted by Gasteiger charge is 2.08. The molecule has 3 N–H and O–H groups in total. The van der Waals surface area contributed by atoms with Crippen molar-refractivity contribution >= 4 is 52.1 Å². The number of thiocarbonyl (C=S) groups is 1. The Morgan fingerprint density at radius 3 is 2.48 bits per heavy atom. The fourth-order valence-electron chi connectivity index (χ4n) is 1.83. The summed E-state index contributed by atoms with van der Waals surface area (Å²) in [5.74, 6) is -0.191. The van der Waals surface area contributed by atoms with Gasteiger partial charge >= 0.3 is 0 Å². The molecule has 0 unspecified atom stereocenters. The van der Waals surface area contributed by atoms with Gasteiger partial charge in [-0.1, -0.05) is 31.9 Å². The monoisotopic (exact) mass is 355 g/mol. The van der Waals surface area contributed by atoms with Crippen LogP contribution in [0.2, 0.25) is 5.02 Å². The van der Waals surface area contributed by atoms with Crippen molar-refractivity contribution in [1.82, 2.24) is 5.32 Å². The predicted octanol–water partition coefficient (Wildman–Crippen LogP) is 4.08. The van der Waals surface area contributed by atoms with E-state index in [1.54, 1.807) is 18.2 Å². The summed E-state index contributed by atoms with van der Waals surface area (Å²) in [6, 6.07) is 5.05. The van der Waals surface area contributed by atoms with E-state index in [0.717, 1.165) is 19.3 Å². The Labute approximate surface area is 147 Å². The minimum atomic E-state index is -0.132. The molecule has 0 saturated heterocycles. The number of carbonyl (C=O) groups is 2. The van der Waals surface area contributed by atoms with E-state index in [4.69, 9.17) is 23.8 Å². The number of rotatable bonds is 7. The van der Waals surface area contributed by atoms with Gasteiger partial charge in [0.05, 0.1) is 10.7 Å². The topological polar surface area (TPSA) is 70.2 Å². The molecular weight excluding hydrogens is 334 g/mol. The molecule has 0 saturated carbocycles. The molecule has 2 amide bonds. The standard InChI is InChI=1S/C16H22ClN3O2S/c1-3-5-7-15(22)20-16(23)19-13-10-11(8-9-12(13)17)18-14(21)6-4-2/h8-10H,3-7H2,1-2H3,(H,18,21)(H2,19,20,22,23). The Hall–Kier alpha value is -1.66. The third-order valence-electron chi connectivity index (χ3n) is 2.99. The Kier molecular flexibility index (Phi) is 8.58. The number of hydrogen-bond donors (Lipinski definition) is 3. The Morgan fingerprint density at radius 2 is 1.83 bits per heavy atom. The van der Waals surface area contributed by atoms with Crippen molar-refractivity contribution in [1.29, 1.82) is 0 Å². The summed E-state index contributed by atoms with van der Waals surface area (Å²) < 4.78 is 0. The number of nitrogens with one attached hydrogen (secondary N) is 3. The molecule has 7 heteroatoms. The summed E-state index contributed by atoms with van der Waals surface area (Å²) in [6.07, 6.45) is 3.42. The van der Waals surface area contributed by atoms with E-state index >= 15 is 0 Å². The van der Waals surface area contributed by atoms with Crippen LogP contribution in [0.3, 0.4) is 0 Å². The van der Waals surface area contributed by atoms with Gasteiger partial charge in [-0.3, -0.25) is 9.59 Å². The number of unbranched alkanes of at least 4 members (excludes halogenated alkanes) is 1. The molecule has 1 rings (SSSR count). The smallest absolute Gasteiger partial charge is 0.226 e. The second kappa shape index (κ2) is 10.2. The molecule has 23 heavy (non-hydrogen) atoms. The third-order valence-corrected chi connectivity index (χ3v) is 3.52. The van der Waals surface area contributed by atoms with Crippen LogP contribution in [0.4, 0.5) is 11.4 Å². The maximum Gasteiger partial charge on any atom is 0.226 e. The van der Waals surface area contributed by atoms with Crippen molar-refractivity contribution in [3.8, 4) is 0 Å². The molecule has 0 aromatic heterocycles. The maximum absolute atomic E-state index is 11.6. The van der Waals surface area contributed by atoms with Crippen molar-refractivity contribution in [2.75, 3.05) is 10.6 Å². The zero-order chi connectivity index (χ0) is 17.2. The first-order valence-electron chi connectivity index (χ1n) is 7.66. The normalized spacial score (nSPS) is 10.0. The van der Waals surface area contributed by atoms with Gasteiger partial charge in [0.25, 0.3) is 0 Å². The molecule has 0 aliphatic rings. The Morgan fingerprint density at radius 1 is 1.09 bits per heavy atom. The largest absolute Gasteiger partial charge is 0.331 e. The molecule has 126 valence electrons. The van der Waals surface area contributed by atoms with Gasteiger partial charge in [-0.15, -0.1) is 0 Å². The zero-order valence-corrected chi connectivity index (χ0v) is 14.9. The first-order chi connectivity index (χ1) is 11.0. The summed E-state index contributed by atoms with van der Waals surface area (Å²) >= 11 is 11.2. The van der Waals surface area contributed by atoms with Crippen LogP contribution in [0.15, 0.2) is 18.2 Å². The molecule has 0 heterocycles. The number of carbonyl (C=O) groups excluding carboxylic acids is 2. The van der Waals surface area contributed by atoms with Gasteiger partial charge in [0.15, 0.2) is 5.11 Å². The second-order valence-electron chi connectivity index (χ2n) is 5.10. The molecule has 0 radical (unpaired) electrons. The van der Waals surface area contributed by atoms with Gasteiger partial charge in [0, 0.05) is 18.5 Å². The van der Waals surface area contributed by atoms with Crippen molar-refractivity contribution in [3.05, 3.63) is 23.2 Å². The van der Waals surface area contributed by atoms with Crippen molar-refractivity contribution in [2.45, 2.75) is 46.0 Å². The summed E-state index contributed by atoms with van der Waals surface area (Å²) in [4.78, 5) is 23.3. The van der Waals surface area contributed by atoms with E-state index in [1.807, 2.05) is 13.8 Å². The quantitative estimate of drug-likeness (QED) is 0.644. The molecule has 0 spiro atoms. The zero-order valence-electron chi connectivity index (χ0n) is 13.4. The van der Waals surface area contributed by atoms with Crippen molar-refractivity contribution < 1.29 is 9.59 Å². The number of halogens is 1. The van der Waals surface area contributed by atoms with Gasteiger partial charge in [0.2, 0.25) is 11.8 Å². The van der Waals surface area contributed by atoms with Crippen LogP contribution >= 0.6 is 23.8 Å². The summed E-state index contributed by atoms with van der Waals surface area (Å²) in [5.41, 5.74) is 1.15. The number of amides is 2. The lowest BCUT2D eigenvalue weighted by Crippen LogP contribution is -2.34. The Bertz CT molecular complexity index is 578. The van der Waals surface area contributed by atoms with Crippen molar-refractivity contribution in [3.63, 3.8) is 0 Å². The molecule has 0 aliphatic heterocycles. The fourth-order valence-corrected chi connectivity index (χ4v) is 2.22. The van der Waals surface area contributed by atoms with Crippen LogP contribution in [0, 0.1) is 0 Å². The highest BCUT2D eigenvalue weighted by atomic mass is 35.5. The molecule has 0 fully saturated rings. The summed E-state index contributed by atoms with van der Waals surface area (Å²) in [5, 5.41) is 8.90. The van der Waals surface area contributed by atoms with Crippen LogP contribution in [-0.2, 0) is 9.59 Å². The SMILES string of the molecule is CCCCC(=O)NC(=S)Nc1cc(NC(=O)CCC)ccc1Cl. The van der Waals surface area contributed by atoms with Crippen LogP contribution < -0.4 is 16.0 Å². The Balaban J connectivity index is 2.66. The maximum atomic E-state index is 11.6. The number of hydrogen-bond acceptors (Lipinski definition) is 3. The van der Waals surface area contributed by atoms with E-state index in [2.05, 4.69) is 16.0 Å². The first kappa shape index (κ1) is 19.4. The van der Waals surface area contributed by atoms with Crippen LogP contribution in [0.5, 0.6) is 0 Å². The number of anilines is 2. The van der Waals surface area contributed by atoms with Crippen LogP contribution in [0.25, 0.3) is 0 Å². The lowest BCUT2D eigenvalue weighted by atomic mass is 10.2. The van der Waals surface area contributed by atoms with Gasteiger partial charge in [-0.05, 0) is 43.3 Å². The lowest BCUT2D eigenvalue weighted by molar-refractivity contribution is -0.119. The molecule has 1 aromatic carbocycles. The second-order valence-corrected chi connectivity index (χ2v) is 5.91. The molecular formula is C16H22ClN3O2S. The van der Waals surface area contributed by atoms with Gasteiger partial charge in [0.1, 0.15) is 0 Å². The molecule has 0 atom stereocenters. The van der Waals surface area contributed by atoms with Crippen LogP contribution in [0.1, 0.15) is 46.0 Å². The average molecular weight is 356 g/mol. The minimum absolute atomic E-state index is 0.0591. The van der Waals surface area contributed by atoms with E-state index < -0.39 is 0 Å². The minimum Gasteiger partial charge on any atom is -0.331 e. The van der Waals surface area contributed by atoms with Gasteiger partial charge in [-0.2, -0.15) is 0 Å². The van der Waals surface area contributed by atoms with Gasteiger partial charge < -0.3 is 16.0 Å². The molecule has 0 aliphatic carbocycles. The van der Waals surface area contributed by atoms with E-state index in [9.17, 15) is 9.59 Å². The fraction of sp³-hybridized carbons (Fsp3) is 0.438. The molecule has 5 nitrogen and oxygen atoms in total. The first-order valence-corrected chi connectivity index (χ1v) is 8.45. The summed E-state index contributed by atoms with van der Waals surface area (Å²) in [7, 11) is 0. The van der Waals surface area contributed by atoms with Crippen molar-refractivity contribution in [2.24, 2.45) is 0 Å². The summed E-state index contributed by atoms with van der Waals surface area (Å²) in [6.45, 7) is 3.95. The van der Waals surface area contributed by atoms with E-state index in [0.29, 0.717) is 29.2 Å². The molecule has 0 bridgehead atoms. The number of benzene rings is 1. The predicted molar refractivity (Wildman–Crippen MR) is 98.9 cm³/mol. The van der Waals surface area contributed by atoms with Crippen LogP contribution in [-0.4, -0.2) is 16.9 Å². The highest BCUT2D eigenvalue weighted by Crippen LogP contribution is 2.25. The third kappa shape index (κ3) is 7.43. The highest BCUT2D eigenvalue weighted by molar-refractivity contribution is 7.80. The molecule has 1 aromatic rings. The van der Waals surface area contributed by atoms with Gasteiger partial charge in [-0.25, -0.2) is 0 Å².